The van der Waals surface area contributed by atoms with Crippen molar-refractivity contribution in [2.45, 2.75) is 126 Å². The Hall–Kier alpha value is -2.68. The molecule has 1 aromatic rings. The van der Waals surface area contributed by atoms with Crippen molar-refractivity contribution in [1.82, 2.24) is 25.3 Å². The van der Waals surface area contributed by atoms with Gasteiger partial charge in [-0.05, 0) is 88.6 Å². The van der Waals surface area contributed by atoms with Crippen molar-refractivity contribution in [2.24, 2.45) is 11.8 Å². The molecule has 0 radical (unpaired) electrons. The lowest BCUT2D eigenvalue weighted by Crippen LogP contribution is -2.82. The summed E-state index contributed by atoms with van der Waals surface area (Å²) in [5, 5.41) is 18.1. The van der Waals surface area contributed by atoms with Crippen molar-refractivity contribution < 1.29 is 19.0 Å². The molecule has 10 nitrogen and oxygen atoms in total. The van der Waals surface area contributed by atoms with E-state index in [0.717, 1.165) is 63.1 Å². The zero-order valence-corrected chi connectivity index (χ0v) is 29.8. The lowest BCUT2D eigenvalue weighted by atomic mass is 9.62. The average molecular weight is 675 g/mol. The predicted octanol–water partition coefficient (Wildman–Crippen LogP) is 4.79. The van der Waals surface area contributed by atoms with Crippen LogP contribution in [-0.2, 0) is 16.0 Å². The lowest BCUT2D eigenvalue weighted by Gasteiger charge is -2.64. The van der Waals surface area contributed by atoms with Gasteiger partial charge in [-0.1, -0.05) is 38.3 Å². The monoisotopic (exact) mass is 674 g/mol. The van der Waals surface area contributed by atoms with Gasteiger partial charge in [0.05, 0.1) is 37.9 Å². The molecule has 6 unspecified atom stereocenters. The van der Waals surface area contributed by atoms with Crippen LogP contribution in [0, 0.1) is 23.2 Å². The molecule has 2 saturated carbocycles. The van der Waals surface area contributed by atoms with Crippen LogP contribution in [-0.4, -0.2) is 103 Å². The largest absolute Gasteiger partial charge is 0.497 e. The van der Waals surface area contributed by atoms with Gasteiger partial charge in [0, 0.05) is 50.1 Å². The Bertz CT molecular complexity index is 1380. The first-order valence-electron chi connectivity index (χ1n) is 19.1. The van der Waals surface area contributed by atoms with Crippen LogP contribution in [0.1, 0.15) is 89.0 Å². The average Bonchev–Trinajstić information content (AvgIpc) is 3.34. The molecule has 49 heavy (non-hydrogen) atoms. The maximum absolute atomic E-state index is 13.0. The SMILES string of the molecule is C=CC(=O)N1CCN(C2(C3CCCCCC3)NC(OCC3CCCN3C)NC3C[C@]4(CCc5ccc(OC)cc5O4)CCC32)CC1CC#N. The van der Waals surface area contributed by atoms with E-state index in [1.54, 1.807) is 7.11 Å². The fraction of sp³-hybridized carbons (Fsp3) is 0.744. The van der Waals surface area contributed by atoms with E-state index >= 15 is 0 Å². The smallest absolute Gasteiger partial charge is 0.246 e. The number of carbonyl (C=O) groups excluding carboxylic acids is 1. The Labute approximate surface area is 293 Å². The molecule has 6 aliphatic rings. The molecule has 7 rings (SSSR count). The second kappa shape index (κ2) is 14.9. The molecule has 1 amide bonds. The van der Waals surface area contributed by atoms with Crippen LogP contribution in [0.5, 0.6) is 11.5 Å². The highest BCUT2D eigenvalue weighted by Gasteiger charge is 2.60. The summed E-state index contributed by atoms with van der Waals surface area (Å²) >= 11 is 0. The highest BCUT2D eigenvalue weighted by molar-refractivity contribution is 5.87. The third-order valence-electron chi connectivity index (χ3n) is 13.1. The van der Waals surface area contributed by atoms with E-state index in [9.17, 15) is 10.1 Å². The van der Waals surface area contributed by atoms with Gasteiger partial charge in [-0.15, -0.1) is 0 Å². The summed E-state index contributed by atoms with van der Waals surface area (Å²) in [6.07, 6.45) is 16.2. The molecule has 4 heterocycles. The van der Waals surface area contributed by atoms with E-state index in [-0.39, 0.29) is 35.6 Å². The van der Waals surface area contributed by atoms with E-state index < -0.39 is 0 Å². The van der Waals surface area contributed by atoms with E-state index in [4.69, 9.17) is 14.2 Å². The lowest BCUT2D eigenvalue weighted by molar-refractivity contribution is -0.191. The Morgan fingerprint density at radius 2 is 1.94 bits per heavy atom. The number of likely N-dealkylation sites (tertiary alicyclic amines) is 1. The number of carbonyl (C=O) groups is 1. The van der Waals surface area contributed by atoms with Crippen molar-refractivity contribution in [3.8, 4) is 17.6 Å². The minimum atomic E-state index is -0.319. The highest BCUT2D eigenvalue weighted by atomic mass is 16.5. The summed E-state index contributed by atoms with van der Waals surface area (Å²) in [6, 6.07) is 9.12. The van der Waals surface area contributed by atoms with Gasteiger partial charge in [-0.3, -0.25) is 20.3 Å². The van der Waals surface area contributed by atoms with Gasteiger partial charge in [-0.25, -0.2) is 0 Å². The maximum Gasteiger partial charge on any atom is 0.246 e. The Balaban J connectivity index is 1.24. The van der Waals surface area contributed by atoms with Gasteiger partial charge in [0.15, 0.2) is 6.35 Å². The molecular weight excluding hydrogens is 616 g/mol. The van der Waals surface area contributed by atoms with Crippen LogP contribution >= 0.6 is 0 Å². The fourth-order valence-corrected chi connectivity index (χ4v) is 10.5. The number of nitrogens with one attached hydrogen (secondary N) is 2. The van der Waals surface area contributed by atoms with Crippen LogP contribution in [0.4, 0.5) is 0 Å². The number of likely N-dealkylation sites (N-methyl/N-ethyl adjacent to an activating group) is 1. The molecule has 2 N–H and O–H groups in total. The van der Waals surface area contributed by atoms with E-state index in [1.165, 1.54) is 56.6 Å². The summed E-state index contributed by atoms with van der Waals surface area (Å²) in [5.41, 5.74) is 0.701. The molecular formula is C39H58N6O4. The van der Waals surface area contributed by atoms with E-state index in [1.807, 2.05) is 11.0 Å². The van der Waals surface area contributed by atoms with Gasteiger partial charge in [0.2, 0.25) is 5.91 Å². The van der Waals surface area contributed by atoms with Crippen LogP contribution in [0.3, 0.4) is 0 Å². The first kappa shape index (κ1) is 34.8. The minimum Gasteiger partial charge on any atom is -0.497 e. The standard InChI is InChI=1S/C39H58N6O4/c1-4-36(46)45-23-22-44(26-30(45)17-20-40)39(29-10-7-5-6-8-11-29)33-16-19-38(18-15-28-13-14-32(47-3)24-35(28)49-38)25-34(33)41-37(42-39)48-27-31-12-9-21-43(31)2/h4,13-14,24,29-31,33-34,37,41-42H,1,5-12,15-19,21-23,25-27H2,2-3H3/t30?,31?,33?,34?,37?,38-,39?/m0/s1. The summed E-state index contributed by atoms with van der Waals surface area (Å²) in [6.45, 7) is 7.62. The molecule has 5 fully saturated rings. The van der Waals surface area contributed by atoms with Gasteiger partial charge >= 0.3 is 0 Å². The highest BCUT2D eigenvalue weighted by Crippen LogP contribution is 2.52. The Morgan fingerprint density at radius 1 is 1.10 bits per heavy atom. The molecule has 7 atom stereocenters. The number of nitriles is 1. The van der Waals surface area contributed by atoms with Crippen LogP contribution in [0.2, 0.25) is 0 Å². The van der Waals surface area contributed by atoms with E-state index in [0.29, 0.717) is 44.0 Å². The van der Waals surface area contributed by atoms with Gasteiger partial charge in [0.1, 0.15) is 17.1 Å². The normalized spacial score (nSPS) is 35.9. The number of amides is 1. The molecule has 0 bridgehead atoms. The second-order valence-electron chi connectivity index (χ2n) is 15.7. The third kappa shape index (κ3) is 6.86. The molecule has 1 aromatic carbocycles. The van der Waals surface area contributed by atoms with Gasteiger partial charge in [-0.2, -0.15) is 5.26 Å². The quantitative estimate of drug-likeness (QED) is 0.298. The predicted molar refractivity (Wildman–Crippen MR) is 189 cm³/mol. The summed E-state index contributed by atoms with van der Waals surface area (Å²) < 4.78 is 19.5. The van der Waals surface area contributed by atoms with Crippen LogP contribution in [0.15, 0.2) is 30.9 Å². The Morgan fingerprint density at radius 3 is 2.67 bits per heavy atom. The number of ether oxygens (including phenoxy) is 3. The molecule has 4 aliphatic heterocycles. The summed E-state index contributed by atoms with van der Waals surface area (Å²) in [4.78, 5) is 20.0. The number of methoxy groups -OCH3 is 1. The molecule has 1 spiro atoms. The number of hydrogen-bond acceptors (Lipinski definition) is 9. The fourth-order valence-electron chi connectivity index (χ4n) is 10.5. The Kier molecular flexibility index (Phi) is 10.6. The molecule has 2 aliphatic carbocycles. The van der Waals surface area contributed by atoms with Crippen LogP contribution < -0.4 is 20.1 Å². The molecule has 0 aromatic heterocycles. The minimum absolute atomic E-state index is 0.0765. The number of nitrogens with zero attached hydrogens (tertiary/aromatic N) is 4. The molecule has 268 valence electrons. The van der Waals surface area contributed by atoms with Gasteiger partial charge < -0.3 is 24.0 Å². The summed E-state index contributed by atoms with van der Waals surface area (Å²) in [5.74, 6) is 2.50. The zero-order chi connectivity index (χ0) is 34.0. The van der Waals surface area contributed by atoms with Crippen molar-refractivity contribution >= 4 is 5.91 Å². The van der Waals surface area contributed by atoms with Crippen molar-refractivity contribution in [3.63, 3.8) is 0 Å². The first-order chi connectivity index (χ1) is 23.9. The third-order valence-corrected chi connectivity index (χ3v) is 13.1. The number of aryl methyl sites for hydroxylation is 1. The van der Waals surface area contributed by atoms with Crippen molar-refractivity contribution in [1.29, 1.82) is 5.26 Å². The number of rotatable bonds is 8. The first-order valence-corrected chi connectivity index (χ1v) is 19.1. The summed E-state index contributed by atoms with van der Waals surface area (Å²) in [7, 11) is 3.93. The second-order valence-corrected chi connectivity index (χ2v) is 15.7. The maximum atomic E-state index is 13.0. The molecule has 10 heteroatoms. The topological polar surface area (TPSA) is 102 Å². The van der Waals surface area contributed by atoms with E-state index in [2.05, 4.69) is 52.3 Å². The van der Waals surface area contributed by atoms with Gasteiger partial charge in [0.25, 0.3) is 0 Å². The number of piperazine rings is 1. The zero-order valence-electron chi connectivity index (χ0n) is 29.8. The molecule has 3 saturated heterocycles. The van der Waals surface area contributed by atoms with Crippen molar-refractivity contribution in [2.75, 3.05) is 46.9 Å². The number of hydrogen-bond donors (Lipinski definition) is 2. The van der Waals surface area contributed by atoms with Crippen molar-refractivity contribution in [3.05, 3.63) is 36.4 Å². The number of fused-ring (bicyclic) bond motifs is 2. The number of benzene rings is 1. The van der Waals surface area contributed by atoms with Crippen LogP contribution in [0.25, 0.3) is 0 Å².